The third-order valence-electron chi connectivity index (χ3n) is 2.61. The van der Waals surface area contributed by atoms with Gasteiger partial charge in [-0.15, -0.1) is 0 Å². The summed E-state index contributed by atoms with van der Waals surface area (Å²) in [5.41, 5.74) is 6.54. The lowest BCUT2D eigenvalue weighted by atomic mass is 10.1. The molecule has 0 aromatic heterocycles. The molecule has 0 spiro atoms. The number of nitrogens with two attached hydrogens (primary N) is 1. The highest BCUT2D eigenvalue weighted by Gasteiger charge is 2.34. The molecule has 16 heavy (non-hydrogen) atoms. The zero-order valence-corrected chi connectivity index (χ0v) is 10.3. The van der Waals surface area contributed by atoms with E-state index in [2.05, 4.69) is 15.9 Å². The van der Waals surface area contributed by atoms with Crippen molar-refractivity contribution < 1.29 is 9.53 Å². The standard InChI is InChI=1S/C11H13BrN2O2/c12-9-4-2-1-3-8(9)10-7-16-11(15)14(10)6-5-13/h1-4,10H,5-7,13H2. The van der Waals surface area contributed by atoms with Gasteiger partial charge in [0.05, 0.1) is 6.04 Å². The van der Waals surface area contributed by atoms with E-state index >= 15 is 0 Å². The van der Waals surface area contributed by atoms with Gasteiger partial charge in [-0.25, -0.2) is 4.79 Å². The molecule has 1 aliphatic rings. The molecule has 2 N–H and O–H groups in total. The summed E-state index contributed by atoms with van der Waals surface area (Å²) in [4.78, 5) is 13.2. The molecule has 0 aliphatic carbocycles. The van der Waals surface area contributed by atoms with Crippen molar-refractivity contribution in [2.75, 3.05) is 19.7 Å². The summed E-state index contributed by atoms with van der Waals surface area (Å²) in [5, 5.41) is 0. The van der Waals surface area contributed by atoms with E-state index in [0.29, 0.717) is 19.7 Å². The molecule has 1 atom stereocenters. The van der Waals surface area contributed by atoms with Gasteiger partial charge < -0.3 is 10.5 Å². The maximum atomic E-state index is 11.5. The fraction of sp³-hybridized carbons (Fsp3) is 0.364. The molecule has 1 aromatic rings. The van der Waals surface area contributed by atoms with E-state index < -0.39 is 0 Å². The average molecular weight is 285 g/mol. The van der Waals surface area contributed by atoms with Crippen molar-refractivity contribution >= 4 is 22.0 Å². The average Bonchev–Trinajstić information content (AvgIpc) is 2.62. The van der Waals surface area contributed by atoms with E-state index in [1.165, 1.54) is 0 Å². The lowest BCUT2D eigenvalue weighted by Gasteiger charge is -2.21. The molecule has 1 amide bonds. The van der Waals surface area contributed by atoms with Gasteiger partial charge in [-0.2, -0.15) is 0 Å². The van der Waals surface area contributed by atoms with Gasteiger partial charge in [0.1, 0.15) is 6.61 Å². The third kappa shape index (κ3) is 2.05. The number of amides is 1. The van der Waals surface area contributed by atoms with E-state index in [9.17, 15) is 4.79 Å². The number of rotatable bonds is 3. The van der Waals surface area contributed by atoms with Gasteiger partial charge in [-0.3, -0.25) is 4.90 Å². The van der Waals surface area contributed by atoms with Crippen molar-refractivity contribution in [2.45, 2.75) is 6.04 Å². The fourth-order valence-corrected chi connectivity index (χ4v) is 2.39. The van der Waals surface area contributed by atoms with Crippen LogP contribution in [0.25, 0.3) is 0 Å². The number of carbonyl (C=O) groups excluding carboxylic acids is 1. The van der Waals surface area contributed by atoms with Crippen LogP contribution in [0.1, 0.15) is 11.6 Å². The van der Waals surface area contributed by atoms with Crippen LogP contribution in [0, 0.1) is 0 Å². The maximum absolute atomic E-state index is 11.5. The Kier molecular flexibility index (Phi) is 3.46. The predicted octanol–water partition coefficient (Wildman–Crippen LogP) is 1.90. The molecule has 0 saturated carbocycles. The van der Waals surface area contributed by atoms with E-state index in [0.717, 1.165) is 10.0 Å². The number of halogens is 1. The number of hydrogen-bond acceptors (Lipinski definition) is 3. The molecular formula is C11H13BrN2O2. The molecule has 1 heterocycles. The van der Waals surface area contributed by atoms with Crippen LogP contribution in [-0.2, 0) is 4.74 Å². The predicted molar refractivity (Wildman–Crippen MR) is 64.0 cm³/mol. The Morgan fingerprint density at radius 1 is 1.50 bits per heavy atom. The first-order valence-electron chi connectivity index (χ1n) is 5.12. The summed E-state index contributed by atoms with van der Waals surface area (Å²) < 4.78 is 6.04. The van der Waals surface area contributed by atoms with E-state index in [1.54, 1.807) is 4.90 Å². The second kappa shape index (κ2) is 4.84. The van der Waals surface area contributed by atoms with Gasteiger partial charge in [0.25, 0.3) is 0 Å². The fourth-order valence-electron chi connectivity index (χ4n) is 1.84. The Bertz CT molecular complexity index is 397. The normalized spacial score (nSPS) is 20.0. The van der Waals surface area contributed by atoms with Crippen LogP contribution in [0.4, 0.5) is 4.79 Å². The molecule has 1 aromatic carbocycles. The lowest BCUT2D eigenvalue weighted by molar-refractivity contribution is 0.158. The van der Waals surface area contributed by atoms with Crippen LogP contribution in [0.15, 0.2) is 28.7 Å². The molecule has 2 rings (SSSR count). The van der Waals surface area contributed by atoms with Crippen molar-refractivity contribution in [2.24, 2.45) is 5.73 Å². The van der Waals surface area contributed by atoms with Crippen LogP contribution in [-0.4, -0.2) is 30.7 Å². The molecule has 4 nitrogen and oxygen atoms in total. The van der Waals surface area contributed by atoms with Gasteiger partial charge in [0, 0.05) is 17.6 Å². The zero-order valence-electron chi connectivity index (χ0n) is 8.73. The molecule has 1 aliphatic heterocycles. The first-order valence-corrected chi connectivity index (χ1v) is 5.91. The van der Waals surface area contributed by atoms with Gasteiger partial charge in [-0.05, 0) is 11.6 Å². The van der Waals surface area contributed by atoms with Gasteiger partial charge >= 0.3 is 6.09 Å². The zero-order chi connectivity index (χ0) is 11.5. The van der Waals surface area contributed by atoms with Crippen molar-refractivity contribution in [3.05, 3.63) is 34.3 Å². The first-order chi connectivity index (χ1) is 7.74. The summed E-state index contributed by atoms with van der Waals surface area (Å²) in [7, 11) is 0. The third-order valence-corrected chi connectivity index (χ3v) is 3.33. The summed E-state index contributed by atoms with van der Waals surface area (Å²) >= 11 is 3.48. The lowest BCUT2D eigenvalue weighted by Crippen LogP contribution is -2.32. The Morgan fingerprint density at radius 3 is 2.94 bits per heavy atom. The second-order valence-electron chi connectivity index (χ2n) is 3.60. The minimum absolute atomic E-state index is 0.0355. The monoisotopic (exact) mass is 284 g/mol. The molecule has 1 unspecified atom stereocenters. The molecule has 1 saturated heterocycles. The van der Waals surface area contributed by atoms with Gasteiger partial charge in [0.15, 0.2) is 0 Å². The smallest absolute Gasteiger partial charge is 0.410 e. The number of cyclic esters (lactones) is 1. The van der Waals surface area contributed by atoms with Gasteiger partial charge in [0.2, 0.25) is 0 Å². The van der Waals surface area contributed by atoms with Crippen molar-refractivity contribution in [3.8, 4) is 0 Å². The molecular weight excluding hydrogens is 272 g/mol. The van der Waals surface area contributed by atoms with Crippen LogP contribution in [0.5, 0.6) is 0 Å². The van der Waals surface area contributed by atoms with Crippen LogP contribution < -0.4 is 5.73 Å². The van der Waals surface area contributed by atoms with Crippen molar-refractivity contribution in [1.82, 2.24) is 4.90 Å². The van der Waals surface area contributed by atoms with E-state index in [-0.39, 0.29) is 12.1 Å². The van der Waals surface area contributed by atoms with Crippen LogP contribution in [0.3, 0.4) is 0 Å². The minimum Gasteiger partial charge on any atom is -0.447 e. The number of ether oxygens (including phenoxy) is 1. The van der Waals surface area contributed by atoms with Gasteiger partial charge in [-0.1, -0.05) is 34.1 Å². The molecule has 1 fully saturated rings. The molecule has 0 radical (unpaired) electrons. The first kappa shape index (κ1) is 11.4. The second-order valence-corrected chi connectivity index (χ2v) is 4.45. The van der Waals surface area contributed by atoms with Crippen molar-refractivity contribution in [3.63, 3.8) is 0 Å². The summed E-state index contributed by atoms with van der Waals surface area (Å²) in [5.74, 6) is 0. The molecule has 5 heteroatoms. The molecule has 0 bridgehead atoms. The Morgan fingerprint density at radius 2 is 2.25 bits per heavy atom. The van der Waals surface area contributed by atoms with E-state index in [4.69, 9.17) is 10.5 Å². The Hall–Kier alpha value is -1.07. The summed E-state index contributed by atoms with van der Waals surface area (Å²) in [6.45, 7) is 1.35. The Balaban J connectivity index is 2.27. The topological polar surface area (TPSA) is 55.6 Å². The van der Waals surface area contributed by atoms with Crippen molar-refractivity contribution in [1.29, 1.82) is 0 Å². The summed E-state index contributed by atoms with van der Waals surface area (Å²) in [6, 6.07) is 7.80. The number of carbonyl (C=O) groups is 1. The number of hydrogen-bond donors (Lipinski definition) is 1. The highest BCUT2D eigenvalue weighted by atomic mass is 79.9. The SMILES string of the molecule is NCCN1C(=O)OCC1c1ccccc1Br. The highest BCUT2D eigenvalue weighted by Crippen LogP contribution is 2.31. The largest absolute Gasteiger partial charge is 0.447 e. The highest BCUT2D eigenvalue weighted by molar-refractivity contribution is 9.10. The quantitative estimate of drug-likeness (QED) is 0.922. The van der Waals surface area contributed by atoms with Crippen LogP contribution >= 0.6 is 15.9 Å². The molecule has 86 valence electrons. The van der Waals surface area contributed by atoms with Crippen LogP contribution in [0.2, 0.25) is 0 Å². The van der Waals surface area contributed by atoms with E-state index in [1.807, 2.05) is 24.3 Å². The Labute approximate surface area is 102 Å². The number of benzene rings is 1. The number of nitrogens with zero attached hydrogens (tertiary/aromatic N) is 1. The summed E-state index contributed by atoms with van der Waals surface area (Å²) in [6.07, 6.45) is -0.286. The minimum atomic E-state index is -0.286. The maximum Gasteiger partial charge on any atom is 0.410 e.